The monoisotopic (exact) mass is 1110 g/mol. The van der Waals surface area contributed by atoms with Gasteiger partial charge in [-0.15, -0.1) is 45.3 Å². The number of nitrogens with two attached hydrogens (primary N) is 2. The van der Waals surface area contributed by atoms with Crippen LogP contribution in [0.3, 0.4) is 0 Å². The van der Waals surface area contributed by atoms with Crippen molar-refractivity contribution in [3.8, 4) is 11.2 Å². The molecule has 0 aromatic carbocycles. The Morgan fingerprint density at radius 2 is 1.26 bits per heavy atom. The number of alkyl halides is 1. The molecule has 0 unspecified atom stereocenters. The number of aliphatic hydroxyl groups is 1. The predicted octanol–water partition coefficient (Wildman–Crippen LogP) is 8.78. The number of rotatable bonds is 7. The Hall–Kier alpha value is -7.14. The zero-order valence-corrected chi connectivity index (χ0v) is 40.3. The molecule has 0 atom stereocenters. The van der Waals surface area contributed by atoms with Crippen LogP contribution in [-0.2, 0) is 0 Å². The Morgan fingerprint density at radius 1 is 0.773 bits per heavy atom. The highest BCUT2D eigenvalue weighted by atomic mass is 127. The van der Waals surface area contributed by atoms with Gasteiger partial charge in [-0.1, -0.05) is 34.2 Å². The van der Waals surface area contributed by atoms with Crippen molar-refractivity contribution in [2.75, 3.05) is 34.1 Å². The highest BCUT2D eigenvalue weighted by Gasteiger charge is 2.14. The van der Waals surface area contributed by atoms with Crippen molar-refractivity contribution >= 4 is 134 Å². The van der Waals surface area contributed by atoms with Crippen molar-refractivity contribution in [2.45, 2.75) is 6.92 Å². The third-order valence-electron chi connectivity index (χ3n) is 6.69. The number of imidazole rings is 1. The number of nitriles is 1. The van der Waals surface area contributed by atoms with Crippen LogP contribution >= 0.6 is 79.5 Å². The minimum Gasteiger partial charge on any atom is -0.400 e. The third kappa shape index (κ3) is 18.9. The Labute approximate surface area is 410 Å². The maximum absolute atomic E-state index is 11.7. The number of pyridine rings is 4. The largest absolute Gasteiger partial charge is 0.400 e. The number of nitro groups is 2. The van der Waals surface area contributed by atoms with E-state index in [9.17, 15) is 25.0 Å². The van der Waals surface area contributed by atoms with E-state index in [0.717, 1.165) is 35.2 Å². The lowest BCUT2D eigenvalue weighted by Gasteiger charge is -2.04. The van der Waals surface area contributed by atoms with Gasteiger partial charge in [0.15, 0.2) is 20.5 Å². The van der Waals surface area contributed by atoms with E-state index in [4.69, 9.17) is 34.8 Å². The number of aliphatic hydroxyl groups excluding tert-OH is 1. The van der Waals surface area contributed by atoms with Gasteiger partial charge in [0.2, 0.25) is 0 Å². The van der Waals surface area contributed by atoms with Gasteiger partial charge in [0, 0.05) is 86.5 Å². The molecule has 344 valence electrons. The Morgan fingerprint density at radius 3 is 1.73 bits per heavy atom. The number of fused-ring (bicyclic) bond motifs is 1. The summed E-state index contributed by atoms with van der Waals surface area (Å²) in [5, 5.41) is 51.3. The second-order valence-corrected chi connectivity index (χ2v) is 14.7. The number of H-pyrrole nitrogens is 1. The maximum atomic E-state index is 11.7. The van der Waals surface area contributed by atoms with Crippen LogP contribution in [0, 0.1) is 31.6 Å². The molecular weight excluding hydrogens is 1070 g/mol. The molecule has 9 rings (SSSR count). The Kier molecular flexibility index (Phi) is 25.5. The molecule has 8 N–H and O–H groups in total. The topological polar surface area (TPSA) is 347 Å². The number of aromatic nitrogens is 10. The van der Waals surface area contributed by atoms with Crippen LogP contribution in [0.2, 0.25) is 5.02 Å². The molecule has 0 spiro atoms. The lowest BCUT2D eigenvalue weighted by Crippen LogP contribution is -2.14. The number of nitrogen functional groups attached to an aromatic ring is 2. The molecule has 9 heterocycles. The minimum absolute atomic E-state index is 0.0623. The summed E-state index contributed by atoms with van der Waals surface area (Å²) < 4.78 is 7.74. The molecule has 0 saturated carbocycles. The first-order valence-corrected chi connectivity index (χ1v) is 22.9. The van der Waals surface area contributed by atoms with Gasteiger partial charge in [-0.05, 0) is 29.2 Å². The zero-order chi connectivity index (χ0) is 49.4. The van der Waals surface area contributed by atoms with E-state index in [1.54, 1.807) is 77.7 Å². The molecule has 0 radical (unpaired) electrons. The first-order chi connectivity index (χ1) is 32.4. The fraction of sp³-hybridized carbons (Fsp3) is 0.0811. The quantitative estimate of drug-likeness (QED) is 0.0375. The number of thiazole rings is 4. The van der Waals surface area contributed by atoms with Crippen LogP contribution in [0.4, 0.5) is 43.8 Å². The second-order valence-electron chi connectivity index (χ2n) is 10.7. The number of aromatic amines is 1. The third-order valence-corrected chi connectivity index (χ3v) is 9.75. The molecular formula is C37H37ClIN17O6S4. The van der Waals surface area contributed by atoms with Crippen molar-refractivity contribution in [1.82, 2.24) is 49.4 Å². The fourth-order valence-corrected chi connectivity index (χ4v) is 6.46. The Bertz CT molecular complexity index is 2860. The number of hydrogen-bond acceptors (Lipinski definition) is 23. The van der Waals surface area contributed by atoms with Crippen LogP contribution in [0.25, 0.3) is 16.2 Å². The van der Waals surface area contributed by atoms with Crippen LogP contribution in [0.15, 0.2) is 125 Å². The van der Waals surface area contributed by atoms with Gasteiger partial charge in [-0.25, -0.2) is 29.3 Å². The number of anilines is 6. The number of nitrogens with one attached hydrogen (secondary N) is 3. The van der Waals surface area contributed by atoms with Crippen LogP contribution in [0.1, 0.15) is 8.29 Å². The molecule has 23 nitrogen and oxygen atoms in total. The van der Waals surface area contributed by atoms with E-state index in [0.29, 0.717) is 31.7 Å². The Balaban J connectivity index is 0.000000282. The summed E-state index contributed by atoms with van der Waals surface area (Å²) >= 11 is 13.2. The zero-order valence-electron chi connectivity index (χ0n) is 35.2. The molecule has 9 aromatic rings. The summed E-state index contributed by atoms with van der Waals surface area (Å²) in [6.45, 7) is 1.43. The highest BCUT2D eigenvalue weighted by molar-refractivity contribution is 14.1. The molecule has 66 heavy (non-hydrogen) atoms. The smallest absolute Gasteiger partial charge is 0.332 e. The van der Waals surface area contributed by atoms with Gasteiger partial charge in [0.25, 0.3) is 0 Å². The summed E-state index contributed by atoms with van der Waals surface area (Å²) in [4.78, 5) is 65.5. The van der Waals surface area contributed by atoms with E-state index < -0.39 is 9.85 Å². The molecule has 0 aliphatic carbocycles. The molecule has 0 bridgehead atoms. The van der Waals surface area contributed by atoms with Gasteiger partial charge in [-0.3, -0.25) is 40.2 Å². The van der Waals surface area contributed by atoms with Gasteiger partial charge >= 0.3 is 17.1 Å². The number of halogens is 2. The lowest BCUT2D eigenvalue weighted by atomic mass is 10.3. The molecule has 0 amide bonds. The van der Waals surface area contributed by atoms with Crippen molar-refractivity contribution in [3.05, 3.63) is 156 Å². The lowest BCUT2D eigenvalue weighted by molar-refractivity contribution is -0.385. The first kappa shape index (κ1) is 53.2. The fourth-order valence-electron chi connectivity index (χ4n) is 4.17. The van der Waals surface area contributed by atoms with E-state index in [2.05, 4.69) is 55.5 Å². The van der Waals surface area contributed by atoms with Crippen LogP contribution in [0.5, 0.6) is 0 Å². The second kappa shape index (κ2) is 31.7. The van der Waals surface area contributed by atoms with E-state index in [1.165, 1.54) is 76.9 Å². The van der Waals surface area contributed by atoms with Gasteiger partial charge in [0.05, 0.1) is 50.7 Å². The summed E-state index contributed by atoms with van der Waals surface area (Å²) in [7, 11) is 1.00. The summed E-state index contributed by atoms with van der Waals surface area (Å²) in [6.07, 6.45) is 18.5. The van der Waals surface area contributed by atoms with Crippen LogP contribution in [-0.4, -0.2) is 76.4 Å². The summed E-state index contributed by atoms with van der Waals surface area (Å²) in [5.41, 5.74) is 13.8. The average Bonchev–Trinajstić information content (AvgIpc) is 4.20. The maximum Gasteiger partial charge on any atom is 0.332 e. The SMILES string of the molecule is CC#N.CO.Nc1cnccc1Nc1nccs1.Nc1nccs1.O=[N+]([O-])c1cnccc1Cl.O=[N+]([O-])c1cnccc1Nc1nccs1.O=c1[nH]c2cnccc2n1-c1nccs1.[2H]CI. The minimum atomic E-state index is -0.574. The van der Waals surface area contributed by atoms with Crippen molar-refractivity contribution in [3.63, 3.8) is 0 Å². The number of nitrogens with zero attached hydrogens (tertiary/aromatic N) is 12. The van der Waals surface area contributed by atoms with Gasteiger partial charge < -0.3 is 32.2 Å². The summed E-state index contributed by atoms with van der Waals surface area (Å²) in [5.74, 6) is 0. The standard InChI is InChI=1S/C9H6N4OS.C8H6N4O2S.C8H8N4S.C5H3ClN2O2.C3H4N2S.C2H3N.CH3I.CH4O/c14-8-12-6-5-10-2-1-7(6)13(8)9-11-3-4-15-9;13-12(14)7-5-9-2-1-6(7)11-8-10-3-4-15-8;9-6-5-10-2-1-7(6)12-8-11-3-4-13-8;6-4-1-2-7-3-5(4)8(9)10;4-3-5-1-2-6-3;1-2-3;2*1-2/h1-5H,(H,12,14);1-5H,(H,9,10,11);1-5H,9H2,(H,10,11,12);1-3H;1-2H,(H2,4,5);1H3;1H3;2H,1H3/i;;;;;;1D;. The molecule has 0 fully saturated rings. The molecule has 0 saturated heterocycles. The highest BCUT2D eigenvalue weighted by Crippen LogP contribution is 2.27. The van der Waals surface area contributed by atoms with E-state index in [-0.39, 0.29) is 22.1 Å². The summed E-state index contributed by atoms with van der Waals surface area (Å²) in [6, 6.07) is 8.27. The van der Waals surface area contributed by atoms with Crippen molar-refractivity contribution < 1.29 is 16.3 Å². The van der Waals surface area contributed by atoms with Gasteiger partial charge in [0.1, 0.15) is 23.1 Å². The van der Waals surface area contributed by atoms with Crippen molar-refractivity contribution in [2.24, 2.45) is 0 Å². The predicted molar refractivity (Wildman–Crippen MR) is 269 cm³/mol. The average molecular weight is 1110 g/mol. The molecule has 29 heteroatoms. The van der Waals surface area contributed by atoms with E-state index >= 15 is 0 Å². The van der Waals surface area contributed by atoms with E-state index in [1.807, 2.05) is 44.8 Å². The molecule has 9 aromatic heterocycles. The van der Waals surface area contributed by atoms with Crippen molar-refractivity contribution in [1.29, 1.82) is 5.26 Å². The van der Waals surface area contributed by atoms with Gasteiger partial charge in [-0.2, -0.15) is 5.26 Å². The van der Waals surface area contributed by atoms with Crippen LogP contribution < -0.4 is 27.8 Å². The normalized spacial score (nSPS) is 9.36. The molecule has 0 aliphatic rings. The molecule has 0 aliphatic heterocycles. The first-order valence-electron chi connectivity index (χ1n) is 18.2. The number of hydrogen-bond donors (Lipinski definition) is 6.